The number of nitrogens with one attached hydrogen (secondary N) is 3. The van der Waals surface area contributed by atoms with Gasteiger partial charge in [-0.15, -0.1) is 0 Å². The number of benzene rings is 1. The molecule has 0 spiro atoms. The van der Waals surface area contributed by atoms with Gasteiger partial charge in [-0.05, 0) is 67.8 Å². The van der Waals surface area contributed by atoms with Gasteiger partial charge in [0.15, 0.2) is 0 Å². The SMILES string of the molecule is CNc1c(I)c(C(=O)NCC(O)CO)c(I)c(C(=O)NCC(O)CO)c1I. The number of carbonyl (C=O) groups is 2. The van der Waals surface area contributed by atoms with E-state index in [-0.39, 0.29) is 24.2 Å². The van der Waals surface area contributed by atoms with Crippen molar-refractivity contribution in [3.05, 3.63) is 21.8 Å². The van der Waals surface area contributed by atoms with Gasteiger partial charge in [0.05, 0.1) is 49.4 Å². The lowest BCUT2D eigenvalue weighted by atomic mass is 10.1. The van der Waals surface area contributed by atoms with Crippen LogP contribution in [-0.2, 0) is 0 Å². The van der Waals surface area contributed by atoms with Crippen LogP contribution in [0, 0.1) is 10.7 Å². The van der Waals surface area contributed by atoms with E-state index in [0.29, 0.717) is 16.4 Å². The molecular weight excluding hydrogens is 699 g/mol. The molecule has 0 saturated heterocycles. The van der Waals surface area contributed by atoms with Crippen LogP contribution < -0.4 is 16.0 Å². The summed E-state index contributed by atoms with van der Waals surface area (Å²) < 4.78 is 1.62. The first kappa shape index (κ1) is 25.0. The van der Waals surface area contributed by atoms with Crippen LogP contribution in [0.25, 0.3) is 0 Å². The first-order valence-corrected chi connectivity index (χ1v) is 11.0. The van der Waals surface area contributed by atoms with Crippen LogP contribution in [0.2, 0.25) is 0 Å². The summed E-state index contributed by atoms with van der Waals surface area (Å²) in [7, 11) is 1.67. The molecule has 12 heteroatoms. The smallest absolute Gasteiger partial charge is 0.253 e. The molecule has 0 heterocycles. The molecule has 0 aromatic heterocycles. The average molecular weight is 719 g/mol. The number of aliphatic hydroxyl groups excluding tert-OH is 4. The first-order valence-electron chi connectivity index (χ1n) is 7.71. The quantitative estimate of drug-likeness (QED) is 0.174. The molecule has 0 aliphatic carbocycles. The maximum atomic E-state index is 12.6. The lowest BCUT2D eigenvalue weighted by Gasteiger charge is -2.19. The number of hydrogen-bond acceptors (Lipinski definition) is 7. The fourth-order valence-electron chi connectivity index (χ4n) is 2.01. The molecule has 1 rings (SSSR count). The van der Waals surface area contributed by atoms with E-state index < -0.39 is 37.2 Å². The number of aliphatic hydroxyl groups is 4. The van der Waals surface area contributed by atoms with E-state index >= 15 is 0 Å². The highest BCUT2D eigenvalue weighted by Crippen LogP contribution is 2.35. The summed E-state index contributed by atoms with van der Waals surface area (Å²) in [5.74, 6) is -0.984. The van der Waals surface area contributed by atoms with Crippen molar-refractivity contribution < 1.29 is 30.0 Å². The van der Waals surface area contributed by atoms with Crippen LogP contribution in [0.5, 0.6) is 0 Å². The molecule has 0 fully saturated rings. The second-order valence-electron chi connectivity index (χ2n) is 5.41. The van der Waals surface area contributed by atoms with E-state index in [2.05, 4.69) is 16.0 Å². The number of anilines is 1. The van der Waals surface area contributed by atoms with Crippen molar-refractivity contribution >= 4 is 85.3 Å². The molecule has 2 unspecified atom stereocenters. The Bertz CT molecular complexity index is 651. The van der Waals surface area contributed by atoms with Gasteiger partial charge in [-0.25, -0.2) is 0 Å². The van der Waals surface area contributed by atoms with Crippen molar-refractivity contribution in [2.75, 3.05) is 38.7 Å². The highest BCUT2D eigenvalue weighted by Gasteiger charge is 2.27. The fourth-order valence-corrected chi connectivity index (χ4v) is 6.69. The van der Waals surface area contributed by atoms with Gasteiger partial charge in [0, 0.05) is 23.7 Å². The summed E-state index contributed by atoms with van der Waals surface area (Å²) in [5, 5.41) is 44.7. The monoisotopic (exact) mass is 719 g/mol. The minimum absolute atomic E-state index is 0.132. The minimum atomic E-state index is -1.08. The Morgan fingerprint density at radius 1 is 0.852 bits per heavy atom. The van der Waals surface area contributed by atoms with Crippen LogP contribution >= 0.6 is 67.8 Å². The molecule has 1 aromatic carbocycles. The molecule has 0 bridgehead atoms. The zero-order valence-electron chi connectivity index (χ0n) is 14.2. The Morgan fingerprint density at radius 3 is 1.52 bits per heavy atom. The van der Waals surface area contributed by atoms with Crippen molar-refractivity contribution in [2.45, 2.75) is 12.2 Å². The Morgan fingerprint density at radius 2 is 1.22 bits per heavy atom. The van der Waals surface area contributed by atoms with Crippen LogP contribution in [0.3, 0.4) is 0 Å². The van der Waals surface area contributed by atoms with Gasteiger partial charge < -0.3 is 36.4 Å². The van der Waals surface area contributed by atoms with E-state index in [1.165, 1.54) is 0 Å². The Labute approximate surface area is 197 Å². The van der Waals surface area contributed by atoms with Gasteiger partial charge in [-0.3, -0.25) is 9.59 Å². The standard InChI is InChI=1S/C15H20I3N3O6/c1-19-13-11(17)8(14(26)20-2-6(24)4-22)10(16)9(12(13)18)15(27)21-3-7(25)5-23/h6-7,19,22-25H,2-5H2,1H3,(H,20,26)(H,21,27). The third-order valence-electron chi connectivity index (χ3n) is 3.44. The largest absolute Gasteiger partial charge is 0.394 e. The molecule has 0 saturated carbocycles. The lowest BCUT2D eigenvalue weighted by Crippen LogP contribution is -2.37. The molecule has 0 aliphatic heterocycles. The molecule has 0 radical (unpaired) electrons. The predicted octanol–water partition coefficient (Wildman–Crippen LogP) is -0.292. The summed E-state index contributed by atoms with van der Waals surface area (Å²) in [4.78, 5) is 25.2. The van der Waals surface area contributed by atoms with E-state index in [0.717, 1.165) is 0 Å². The molecule has 27 heavy (non-hydrogen) atoms. The van der Waals surface area contributed by atoms with Crippen LogP contribution in [-0.4, -0.2) is 77.8 Å². The number of halogens is 3. The summed E-state index contributed by atoms with van der Waals surface area (Å²) in [6.45, 7) is -1.23. The maximum Gasteiger partial charge on any atom is 0.253 e. The number of carbonyl (C=O) groups excluding carboxylic acids is 2. The van der Waals surface area contributed by atoms with E-state index in [1.54, 1.807) is 7.05 Å². The third-order valence-corrected chi connectivity index (χ3v) is 6.68. The van der Waals surface area contributed by atoms with E-state index in [1.807, 2.05) is 67.8 Å². The second kappa shape index (κ2) is 11.9. The van der Waals surface area contributed by atoms with Crippen molar-refractivity contribution in [3.8, 4) is 0 Å². The molecule has 1 aromatic rings. The molecule has 152 valence electrons. The van der Waals surface area contributed by atoms with Gasteiger partial charge in [0.25, 0.3) is 11.8 Å². The van der Waals surface area contributed by atoms with Crippen LogP contribution in [0.4, 0.5) is 5.69 Å². The normalized spacial score (nSPS) is 13.0. The minimum Gasteiger partial charge on any atom is -0.394 e. The van der Waals surface area contributed by atoms with Gasteiger partial charge >= 0.3 is 0 Å². The van der Waals surface area contributed by atoms with Crippen molar-refractivity contribution in [1.82, 2.24) is 10.6 Å². The average Bonchev–Trinajstić information content (AvgIpc) is 2.64. The Balaban J connectivity index is 3.32. The molecule has 7 N–H and O–H groups in total. The van der Waals surface area contributed by atoms with E-state index in [4.69, 9.17) is 10.2 Å². The van der Waals surface area contributed by atoms with Gasteiger partial charge in [0.2, 0.25) is 0 Å². The highest BCUT2D eigenvalue weighted by molar-refractivity contribution is 14.1. The third kappa shape index (κ3) is 6.49. The zero-order valence-corrected chi connectivity index (χ0v) is 20.7. The number of amides is 2. The van der Waals surface area contributed by atoms with Gasteiger partial charge in [-0.2, -0.15) is 0 Å². The highest BCUT2D eigenvalue weighted by atomic mass is 127. The molecule has 0 aliphatic rings. The molecular formula is C15H20I3N3O6. The first-order chi connectivity index (χ1) is 12.7. The molecule has 2 atom stereocenters. The molecule has 2 amide bonds. The van der Waals surface area contributed by atoms with Crippen molar-refractivity contribution in [2.24, 2.45) is 0 Å². The summed E-state index contributed by atoms with van der Waals surface area (Å²) >= 11 is 5.91. The van der Waals surface area contributed by atoms with Gasteiger partial charge in [-0.1, -0.05) is 0 Å². The maximum absolute atomic E-state index is 12.6. The van der Waals surface area contributed by atoms with Crippen LogP contribution in [0.1, 0.15) is 20.7 Å². The Hall–Kier alpha value is -0.0100. The van der Waals surface area contributed by atoms with E-state index in [9.17, 15) is 19.8 Å². The summed E-state index contributed by atoms with van der Waals surface area (Å²) in [6.07, 6.45) is -2.17. The second-order valence-corrected chi connectivity index (χ2v) is 8.65. The van der Waals surface area contributed by atoms with Gasteiger partial charge in [0.1, 0.15) is 0 Å². The summed E-state index contributed by atoms with van der Waals surface area (Å²) in [6, 6.07) is 0. The molecule has 9 nitrogen and oxygen atoms in total. The Kier molecular flexibility index (Phi) is 11.0. The van der Waals surface area contributed by atoms with Crippen molar-refractivity contribution in [1.29, 1.82) is 0 Å². The lowest BCUT2D eigenvalue weighted by molar-refractivity contribution is 0.0798. The number of hydrogen-bond donors (Lipinski definition) is 7. The fraction of sp³-hybridized carbons (Fsp3) is 0.467. The topological polar surface area (TPSA) is 151 Å². The zero-order chi connectivity index (χ0) is 20.7. The summed E-state index contributed by atoms with van der Waals surface area (Å²) in [5.41, 5.74) is 1.12. The van der Waals surface area contributed by atoms with Crippen molar-refractivity contribution in [3.63, 3.8) is 0 Å². The predicted molar refractivity (Wildman–Crippen MR) is 125 cm³/mol. The number of rotatable bonds is 9. The van der Waals surface area contributed by atoms with Crippen LogP contribution in [0.15, 0.2) is 0 Å².